The molecule has 0 radical (unpaired) electrons. The summed E-state index contributed by atoms with van der Waals surface area (Å²) in [5.74, 6) is 0.953. The van der Waals surface area contributed by atoms with Crippen LogP contribution in [-0.2, 0) is 11.3 Å². The van der Waals surface area contributed by atoms with E-state index in [2.05, 4.69) is 9.55 Å². The molecule has 0 bridgehead atoms. The Morgan fingerprint density at radius 2 is 2.33 bits per heavy atom. The molecule has 0 saturated carbocycles. The second kappa shape index (κ2) is 4.71. The number of nitrogens with zero attached hydrogens (tertiary/aromatic N) is 2. The predicted molar refractivity (Wildman–Crippen MR) is 69.3 cm³/mol. The van der Waals surface area contributed by atoms with Gasteiger partial charge in [-0.25, -0.2) is 4.98 Å². The fourth-order valence-electron chi connectivity index (χ4n) is 2.58. The van der Waals surface area contributed by atoms with Crippen LogP contribution in [0, 0.1) is 0 Å². The van der Waals surface area contributed by atoms with Crippen LogP contribution in [0.1, 0.15) is 31.7 Å². The van der Waals surface area contributed by atoms with E-state index in [1.165, 1.54) is 0 Å². The van der Waals surface area contributed by atoms with E-state index in [1.807, 2.05) is 24.3 Å². The molecule has 0 aliphatic carbocycles. The molecule has 1 N–H and O–H groups in total. The molecule has 0 amide bonds. The summed E-state index contributed by atoms with van der Waals surface area (Å²) in [6, 6.07) is 8.04. The largest absolute Gasteiger partial charge is 0.392 e. The summed E-state index contributed by atoms with van der Waals surface area (Å²) in [6.45, 7) is 3.17. The number of benzene rings is 1. The molecule has 4 nitrogen and oxygen atoms in total. The zero-order valence-electron chi connectivity index (χ0n) is 10.5. The summed E-state index contributed by atoms with van der Waals surface area (Å²) < 4.78 is 7.82. The number of hydrogen-bond acceptors (Lipinski definition) is 3. The van der Waals surface area contributed by atoms with Gasteiger partial charge in [0.1, 0.15) is 11.9 Å². The highest BCUT2D eigenvalue weighted by Gasteiger charge is 2.24. The molecule has 4 heteroatoms. The second-order valence-electron chi connectivity index (χ2n) is 4.92. The SMILES string of the molecule is CC(O)Cn1c(C2CCCO2)nc2ccccc21. The van der Waals surface area contributed by atoms with Gasteiger partial charge in [0, 0.05) is 6.61 Å². The number of aromatic nitrogens is 2. The molecule has 1 aromatic heterocycles. The Bertz CT molecular complexity index is 542. The van der Waals surface area contributed by atoms with E-state index in [0.29, 0.717) is 6.54 Å². The van der Waals surface area contributed by atoms with Crippen molar-refractivity contribution in [3.05, 3.63) is 30.1 Å². The van der Waals surface area contributed by atoms with Gasteiger partial charge in [-0.2, -0.15) is 0 Å². The van der Waals surface area contributed by atoms with E-state index < -0.39 is 0 Å². The minimum Gasteiger partial charge on any atom is -0.392 e. The van der Waals surface area contributed by atoms with Crippen molar-refractivity contribution in [2.75, 3.05) is 6.61 Å². The number of para-hydroxylation sites is 2. The predicted octanol–water partition coefficient (Wildman–Crippen LogP) is 2.27. The summed E-state index contributed by atoms with van der Waals surface area (Å²) in [4.78, 5) is 4.67. The molecule has 96 valence electrons. The molecule has 1 saturated heterocycles. The highest BCUT2D eigenvalue weighted by Crippen LogP contribution is 2.30. The quantitative estimate of drug-likeness (QED) is 0.903. The van der Waals surface area contributed by atoms with Crippen LogP contribution >= 0.6 is 0 Å². The Morgan fingerprint density at radius 3 is 3.06 bits per heavy atom. The van der Waals surface area contributed by atoms with Crippen LogP contribution in [0.25, 0.3) is 11.0 Å². The third-order valence-corrected chi connectivity index (χ3v) is 3.35. The molecular weight excluding hydrogens is 228 g/mol. The molecule has 2 atom stereocenters. The van der Waals surface area contributed by atoms with Crippen molar-refractivity contribution in [3.63, 3.8) is 0 Å². The van der Waals surface area contributed by atoms with Crippen LogP contribution in [0.3, 0.4) is 0 Å². The minimum absolute atomic E-state index is 0.0798. The van der Waals surface area contributed by atoms with Gasteiger partial charge in [-0.1, -0.05) is 12.1 Å². The van der Waals surface area contributed by atoms with Crippen molar-refractivity contribution in [1.82, 2.24) is 9.55 Å². The van der Waals surface area contributed by atoms with Crippen LogP contribution in [0.5, 0.6) is 0 Å². The van der Waals surface area contributed by atoms with Gasteiger partial charge >= 0.3 is 0 Å². The van der Waals surface area contributed by atoms with Crippen LogP contribution in [0.2, 0.25) is 0 Å². The van der Waals surface area contributed by atoms with Crippen molar-refractivity contribution >= 4 is 11.0 Å². The topological polar surface area (TPSA) is 47.3 Å². The number of fused-ring (bicyclic) bond motifs is 1. The van der Waals surface area contributed by atoms with Gasteiger partial charge in [-0.05, 0) is 31.9 Å². The van der Waals surface area contributed by atoms with Gasteiger partial charge in [-0.15, -0.1) is 0 Å². The molecule has 3 rings (SSSR count). The van der Waals surface area contributed by atoms with Crippen molar-refractivity contribution < 1.29 is 9.84 Å². The molecule has 1 fully saturated rings. The van der Waals surface area contributed by atoms with E-state index in [4.69, 9.17) is 4.74 Å². The molecule has 1 aliphatic rings. The summed E-state index contributed by atoms with van der Waals surface area (Å²) >= 11 is 0. The third kappa shape index (κ3) is 2.02. The van der Waals surface area contributed by atoms with Crippen molar-refractivity contribution in [1.29, 1.82) is 0 Å². The van der Waals surface area contributed by atoms with Crippen LogP contribution in [0.15, 0.2) is 24.3 Å². The zero-order chi connectivity index (χ0) is 12.5. The first-order chi connectivity index (χ1) is 8.75. The number of aliphatic hydroxyl groups excluding tert-OH is 1. The lowest BCUT2D eigenvalue weighted by Gasteiger charge is -2.14. The third-order valence-electron chi connectivity index (χ3n) is 3.35. The maximum atomic E-state index is 9.66. The van der Waals surface area contributed by atoms with Gasteiger partial charge in [0.05, 0.1) is 23.7 Å². The fourth-order valence-corrected chi connectivity index (χ4v) is 2.58. The molecule has 1 aromatic carbocycles. The molecule has 0 spiro atoms. The molecule has 2 aromatic rings. The average molecular weight is 246 g/mol. The Hall–Kier alpha value is -1.39. The highest BCUT2D eigenvalue weighted by molar-refractivity contribution is 5.76. The first kappa shape index (κ1) is 11.7. The van der Waals surface area contributed by atoms with E-state index >= 15 is 0 Å². The van der Waals surface area contributed by atoms with Crippen molar-refractivity contribution in [2.24, 2.45) is 0 Å². The number of rotatable bonds is 3. The Balaban J connectivity index is 2.10. The van der Waals surface area contributed by atoms with Crippen LogP contribution in [0.4, 0.5) is 0 Å². The lowest BCUT2D eigenvalue weighted by molar-refractivity contribution is 0.0983. The normalized spacial score (nSPS) is 21.6. The Labute approximate surface area is 106 Å². The Morgan fingerprint density at radius 1 is 1.50 bits per heavy atom. The van der Waals surface area contributed by atoms with Crippen LogP contribution < -0.4 is 0 Å². The summed E-state index contributed by atoms with van der Waals surface area (Å²) in [5.41, 5.74) is 2.05. The van der Waals surface area contributed by atoms with Gasteiger partial charge in [0.25, 0.3) is 0 Å². The summed E-state index contributed by atoms with van der Waals surface area (Å²) in [6.07, 6.45) is 1.80. The maximum Gasteiger partial charge on any atom is 0.139 e. The Kier molecular flexibility index (Phi) is 3.06. The van der Waals surface area contributed by atoms with E-state index in [0.717, 1.165) is 36.3 Å². The first-order valence-corrected chi connectivity index (χ1v) is 6.50. The first-order valence-electron chi connectivity index (χ1n) is 6.50. The standard InChI is InChI=1S/C14H18N2O2/c1-10(17)9-16-12-6-3-2-5-11(12)15-14(16)13-7-4-8-18-13/h2-3,5-6,10,13,17H,4,7-9H2,1H3. The lowest BCUT2D eigenvalue weighted by atomic mass is 10.2. The lowest BCUT2D eigenvalue weighted by Crippen LogP contribution is -2.16. The van der Waals surface area contributed by atoms with Gasteiger partial charge in [-0.3, -0.25) is 0 Å². The number of aliphatic hydroxyl groups is 1. The summed E-state index contributed by atoms with van der Waals surface area (Å²) in [5, 5.41) is 9.66. The van der Waals surface area contributed by atoms with Crippen LogP contribution in [-0.4, -0.2) is 27.4 Å². The number of imidazole rings is 1. The smallest absolute Gasteiger partial charge is 0.139 e. The second-order valence-corrected chi connectivity index (χ2v) is 4.92. The molecule has 18 heavy (non-hydrogen) atoms. The molecular formula is C14H18N2O2. The molecule has 2 heterocycles. The van der Waals surface area contributed by atoms with Gasteiger partial charge in [0.15, 0.2) is 0 Å². The van der Waals surface area contributed by atoms with E-state index in [-0.39, 0.29) is 12.2 Å². The average Bonchev–Trinajstić information content (AvgIpc) is 2.96. The monoisotopic (exact) mass is 246 g/mol. The number of hydrogen-bond donors (Lipinski definition) is 1. The maximum absolute atomic E-state index is 9.66. The fraction of sp³-hybridized carbons (Fsp3) is 0.500. The highest BCUT2D eigenvalue weighted by atomic mass is 16.5. The van der Waals surface area contributed by atoms with Crippen molar-refractivity contribution in [2.45, 2.75) is 38.5 Å². The molecule has 1 aliphatic heterocycles. The zero-order valence-corrected chi connectivity index (χ0v) is 10.5. The summed E-state index contributed by atoms with van der Waals surface area (Å²) in [7, 11) is 0. The minimum atomic E-state index is -0.386. The number of ether oxygens (including phenoxy) is 1. The van der Waals surface area contributed by atoms with E-state index in [9.17, 15) is 5.11 Å². The van der Waals surface area contributed by atoms with Gasteiger partial charge in [0.2, 0.25) is 0 Å². The molecule has 2 unspecified atom stereocenters. The van der Waals surface area contributed by atoms with Gasteiger partial charge < -0.3 is 14.4 Å². The van der Waals surface area contributed by atoms with E-state index in [1.54, 1.807) is 6.92 Å². The van der Waals surface area contributed by atoms with Crippen molar-refractivity contribution in [3.8, 4) is 0 Å².